The Morgan fingerprint density at radius 3 is 2.42 bits per heavy atom. The zero-order chi connectivity index (χ0) is 19.2. The first-order valence-electron chi connectivity index (χ1n) is 8.82. The summed E-state index contributed by atoms with van der Waals surface area (Å²) in [5.74, 6) is 0. The first-order chi connectivity index (χ1) is 12.1. The number of nitrogens with zero attached hydrogens (tertiary/aromatic N) is 5. The van der Waals surface area contributed by atoms with Gasteiger partial charge in [0.15, 0.2) is 0 Å². The number of amides is 1. The molecule has 0 spiro atoms. The third-order valence-electron chi connectivity index (χ3n) is 4.55. The Morgan fingerprint density at radius 2 is 1.85 bits per heavy atom. The van der Waals surface area contributed by atoms with E-state index in [4.69, 9.17) is 4.74 Å². The fourth-order valence-electron chi connectivity index (χ4n) is 3.56. The molecule has 0 radical (unpaired) electrons. The zero-order valence-corrected chi connectivity index (χ0v) is 17.7. The van der Waals surface area contributed by atoms with Crippen LogP contribution in [-0.4, -0.2) is 56.8 Å². The first kappa shape index (κ1) is 18.9. The second-order valence-electron chi connectivity index (χ2n) is 7.97. The van der Waals surface area contributed by atoms with Gasteiger partial charge in [0.05, 0.1) is 17.8 Å². The Kier molecular flexibility index (Phi) is 4.90. The number of benzene rings is 1. The molecule has 8 heteroatoms. The van der Waals surface area contributed by atoms with Crippen LogP contribution in [0.1, 0.15) is 34.6 Å². The number of hydrogen-bond acceptors (Lipinski definition) is 5. The lowest BCUT2D eigenvalue weighted by molar-refractivity contribution is 0.00568. The van der Waals surface area contributed by atoms with Gasteiger partial charge in [0.1, 0.15) is 16.6 Å². The largest absolute Gasteiger partial charge is 0.444 e. The van der Waals surface area contributed by atoms with E-state index in [0.29, 0.717) is 0 Å². The summed E-state index contributed by atoms with van der Waals surface area (Å²) in [6.45, 7) is 11.2. The fourth-order valence-corrected chi connectivity index (χ4v) is 4.13. The fraction of sp³-hybridized carbons (Fsp3) is 0.611. The van der Waals surface area contributed by atoms with E-state index in [1.54, 1.807) is 4.68 Å². The van der Waals surface area contributed by atoms with Gasteiger partial charge >= 0.3 is 6.09 Å². The smallest absolute Gasteiger partial charge is 0.410 e. The van der Waals surface area contributed by atoms with E-state index in [2.05, 4.69) is 51.1 Å². The molecule has 3 rings (SSSR count). The van der Waals surface area contributed by atoms with Crippen molar-refractivity contribution in [1.29, 1.82) is 0 Å². The minimum Gasteiger partial charge on any atom is -0.444 e. The average Bonchev–Trinajstić information content (AvgIpc) is 2.88. The van der Waals surface area contributed by atoms with Crippen LogP contribution < -0.4 is 4.90 Å². The third kappa shape index (κ3) is 3.51. The van der Waals surface area contributed by atoms with Crippen molar-refractivity contribution in [2.24, 2.45) is 7.05 Å². The van der Waals surface area contributed by atoms with Gasteiger partial charge in [-0.25, -0.2) is 9.48 Å². The van der Waals surface area contributed by atoms with E-state index in [1.807, 2.05) is 38.8 Å². The Bertz CT molecular complexity index is 817. The second kappa shape index (κ2) is 6.72. The summed E-state index contributed by atoms with van der Waals surface area (Å²) in [5.41, 5.74) is 2.38. The molecule has 26 heavy (non-hydrogen) atoms. The molecule has 2 heterocycles. The monoisotopic (exact) mass is 423 g/mol. The molecule has 2 atom stereocenters. The minimum absolute atomic E-state index is 0.0315. The van der Waals surface area contributed by atoms with E-state index in [0.717, 1.165) is 34.3 Å². The van der Waals surface area contributed by atoms with Crippen LogP contribution in [0.5, 0.6) is 0 Å². The molecule has 1 aliphatic heterocycles. The van der Waals surface area contributed by atoms with Gasteiger partial charge in [-0.1, -0.05) is 5.21 Å². The molecular formula is C18H26BrN5O2. The molecule has 0 aliphatic carbocycles. The highest BCUT2D eigenvalue weighted by atomic mass is 79.9. The molecule has 2 aromatic rings. The van der Waals surface area contributed by atoms with Crippen LogP contribution in [0.15, 0.2) is 16.6 Å². The number of ether oxygens (including phenoxy) is 1. The van der Waals surface area contributed by atoms with Crippen molar-refractivity contribution in [3.8, 4) is 0 Å². The van der Waals surface area contributed by atoms with Gasteiger partial charge in [0, 0.05) is 24.6 Å². The van der Waals surface area contributed by atoms with E-state index in [9.17, 15) is 4.79 Å². The summed E-state index contributed by atoms with van der Waals surface area (Å²) in [5, 5.41) is 8.50. The Labute approximate surface area is 162 Å². The van der Waals surface area contributed by atoms with Crippen LogP contribution in [0.2, 0.25) is 0 Å². The molecule has 1 fully saturated rings. The molecule has 7 nitrogen and oxygen atoms in total. The number of anilines is 1. The number of piperazine rings is 1. The van der Waals surface area contributed by atoms with Gasteiger partial charge in [0.2, 0.25) is 0 Å². The lowest BCUT2D eigenvalue weighted by Crippen LogP contribution is -2.59. The van der Waals surface area contributed by atoms with Crippen molar-refractivity contribution in [3.05, 3.63) is 16.6 Å². The summed E-state index contributed by atoms with van der Waals surface area (Å²) >= 11 is 3.58. The van der Waals surface area contributed by atoms with Crippen LogP contribution in [-0.2, 0) is 11.8 Å². The lowest BCUT2D eigenvalue weighted by Gasteiger charge is -2.45. The SMILES string of the molecule is CC1CN(c2ccc(Br)c3c2nnn3C)C[C@H](C)N1C(=O)OC(C)(C)C. The molecular weight excluding hydrogens is 398 g/mol. The normalized spacial score (nSPS) is 21.3. The molecule has 1 amide bonds. The van der Waals surface area contributed by atoms with Gasteiger partial charge in [-0.15, -0.1) is 5.10 Å². The number of hydrogen-bond donors (Lipinski definition) is 0. The Morgan fingerprint density at radius 1 is 1.23 bits per heavy atom. The molecule has 1 aromatic carbocycles. The summed E-state index contributed by atoms with van der Waals surface area (Å²) < 4.78 is 8.33. The lowest BCUT2D eigenvalue weighted by atomic mass is 10.1. The van der Waals surface area contributed by atoms with Gasteiger partial charge in [-0.2, -0.15) is 0 Å². The third-order valence-corrected chi connectivity index (χ3v) is 5.19. The number of aryl methyl sites for hydroxylation is 1. The van der Waals surface area contributed by atoms with Crippen LogP contribution in [0.3, 0.4) is 0 Å². The van der Waals surface area contributed by atoms with Crippen molar-refractivity contribution in [3.63, 3.8) is 0 Å². The Balaban J connectivity index is 1.86. The van der Waals surface area contributed by atoms with Crippen molar-refractivity contribution >= 4 is 38.7 Å². The predicted molar refractivity (Wildman–Crippen MR) is 105 cm³/mol. The molecule has 142 valence electrons. The summed E-state index contributed by atoms with van der Waals surface area (Å²) in [4.78, 5) is 16.7. The highest BCUT2D eigenvalue weighted by Gasteiger charge is 2.36. The maximum atomic E-state index is 12.6. The quantitative estimate of drug-likeness (QED) is 0.701. The van der Waals surface area contributed by atoms with Gasteiger partial charge in [-0.05, 0) is 62.7 Å². The maximum Gasteiger partial charge on any atom is 0.410 e. The molecule has 0 N–H and O–H groups in total. The van der Waals surface area contributed by atoms with E-state index < -0.39 is 5.60 Å². The highest BCUT2D eigenvalue weighted by molar-refractivity contribution is 9.10. The number of rotatable bonds is 1. The van der Waals surface area contributed by atoms with E-state index in [-0.39, 0.29) is 18.2 Å². The standard InChI is InChI=1S/C18H26BrN5O2/c1-11-9-23(10-12(2)24(11)17(25)26-18(3,4)5)14-8-7-13(19)16-15(14)20-21-22(16)6/h7-8,11-12H,9-10H2,1-6H3/t11-,12?/m0/s1. The van der Waals surface area contributed by atoms with Crippen LogP contribution in [0.4, 0.5) is 10.5 Å². The van der Waals surface area contributed by atoms with E-state index in [1.165, 1.54) is 0 Å². The molecule has 1 saturated heterocycles. The van der Waals surface area contributed by atoms with Crippen molar-refractivity contribution in [1.82, 2.24) is 19.9 Å². The highest BCUT2D eigenvalue weighted by Crippen LogP contribution is 2.33. The van der Waals surface area contributed by atoms with Crippen molar-refractivity contribution in [2.45, 2.75) is 52.3 Å². The predicted octanol–water partition coefficient (Wildman–Crippen LogP) is 3.56. The number of fused-ring (bicyclic) bond motifs is 1. The van der Waals surface area contributed by atoms with Crippen molar-refractivity contribution in [2.75, 3.05) is 18.0 Å². The van der Waals surface area contributed by atoms with Crippen LogP contribution in [0, 0.1) is 0 Å². The van der Waals surface area contributed by atoms with Gasteiger partial charge in [-0.3, -0.25) is 4.90 Å². The second-order valence-corrected chi connectivity index (χ2v) is 8.82. The Hall–Kier alpha value is -1.83. The summed E-state index contributed by atoms with van der Waals surface area (Å²) in [6.07, 6.45) is -0.252. The summed E-state index contributed by atoms with van der Waals surface area (Å²) in [6, 6.07) is 4.15. The zero-order valence-electron chi connectivity index (χ0n) is 16.2. The van der Waals surface area contributed by atoms with Crippen molar-refractivity contribution < 1.29 is 9.53 Å². The molecule has 1 aliphatic rings. The summed E-state index contributed by atoms with van der Waals surface area (Å²) in [7, 11) is 1.88. The molecule has 1 unspecified atom stereocenters. The topological polar surface area (TPSA) is 63.5 Å². The first-order valence-corrected chi connectivity index (χ1v) is 9.62. The van der Waals surface area contributed by atoms with Crippen LogP contribution >= 0.6 is 15.9 Å². The maximum absolute atomic E-state index is 12.6. The van der Waals surface area contributed by atoms with E-state index >= 15 is 0 Å². The number of carbonyl (C=O) groups is 1. The number of halogens is 1. The average molecular weight is 424 g/mol. The van der Waals surface area contributed by atoms with Crippen LogP contribution in [0.25, 0.3) is 11.0 Å². The molecule has 0 bridgehead atoms. The minimum atomic E-state index is -0.495. The van der Waals surface area contributed by atoms with Gasteiger partial charge < -0.3 is 9.64 Å². The van der Waals surface area contributed by atoms with Gasteiger partial charge in [0.25, 0.3) is 0 Å². The number of aromatic nitrogens is 3. The number of carbonyl (C=O) groups excluding carboxylic acids is 1. The molecule has 1 aromatic heterocycles. The molecule has 0 saturated carbocycles.